The summed E-state index contributed by atoms with van der Waals surface area (Å²) in [5, 5.41) is 2.93. The van der Waals surface area contributed by atoms with Crippen molar-refractivity contribution in [2.75, 3.05) is 19.8 Å². The van der Waals surface area contributed by atoms with E-state index in [-0.39, 0.29) is 22.7 Å². The van der Waals surface area contributed by atoms with Crippen LogP contribution in [0.2, 0.25) is 0 Å². The second-order valence-electron chi connectivity index (χ2n) is 5.36. The second-order valence-corrected chi connectivity index (χ2v) is 5.36. The minimum Gasteiger partial charge on any atom is -0.380 e. The van der Waals surface area contributed by atoms with E-state index in [4.69, 9.17) is 4.74 Å². The van der Waals surface area contributed by atoms with Crippen LogP contribution in [0.4, 0.5) is 0 Å². The van der Waals surface area contributed by atoms with Gasteiger partial charge in [-0.1, -0.05) is 27.7 Å². The first-order valence-corrected chi connectivity index (χ1v) is 5.71. The molecule has 1 aliphatic carbocycles. The Balaban J connectivity index is 2.32. The Morgan fingerprint density at radius 2 is 1.80 bits per heavy atom. The standard InChI is InChI=1S/C12H23NO2/c1-6-15-8-7-13-10(14)9-11(2,3)12(9,4)5/h9H,6-8H2,1-5H3,(H,13,14). The van der Waals surface area contributed by atoms with Gasteiger partial charge in [0.1, 0.15) is 0 Å². The van der Waals surface area contributed by atoms with E-state index >= 15 is 0 Å². The highest BCUT2D eigenvalue weighted by molar-refractivity contribution is 5.84. The van der Waals surface area contributed by atoms with Gasteiger partial charge in [-0.3, -0.25) is 4.79 Å². The molecule has 0 heterocycles. The number of nitrogens with one attached hydrogen (secondary N) is 1. The lowest BCUT2D eigenvalue weighted by atomic mass is 10.0. The maximum absolute atomic E-state index is 11.8. The van der Waals surface area contributed by atoms with Crippen LogP contribution < -0.4 is 5.32 Å². The average molecular weight is 213 g/mol. The van der Waals surface area contributed by atoms with Gasteiger partial charge in [-0.25, -0.2) is 0 Å². The van der Waals surface area contributed by atoms with E-state index in [1.54, 1.807) is 0 Å². The number of hydrogen-bond donors (Lipinski definition) is 1. The molecule has 0 spiro atoms. The van der Waals surface area contributed by atoms with Crippen LogP contribution >= 0.6 is 0 Å². The molecule has 0 atom stereocenters. The van der Waals surface area contributed by atoms with Crippen molar-refractivity contribution in [1.29, 1.82) is 0 Å². The van der Waals surface area contributed by atoms with Gasteiger partial charge in [-0.2, -0.15) is 0 Å². The van der Waals surface area contributed by atoms with Crippen molar-refractivity contribution in [1.82, 2.24) is 5.32 Å². The van der Waals surface area contributed by atoms with Crippen LogP contribution in [0.3, 0.4) is 0 Å². The summed E-state index contributed by atoms with van der Waals surface area (Å²) in [6, 6.07) is 0. The molecule has 3 nitrogen and oxygen atoms in total. The highest BCUT2D eigenvalue weighted by Gasteiger charge is 2.68. The predicted molar refractivity (Wildman–Crippen MR) is 60.6 cm³/mol. The van der Waals surface area contributed by atoms with Gasteiger partial charge in [0.25, 0.3) is 0 Å². The first kappa shape index (κ1) is 12.5. The lowest BCUT2D eigenvalue weighted by Gasteiger charge is -2.06. The van der Waals surface area contributed by atoms with E-state index in [9.17, 15) is 4.79 Å². The zero-order valence-electron chi connectivity index (χ0n) is 10.5. The van der Waals surface area contributed by atoms with Crippen molar-refractivity contribution in [2.45, 2.75) is 34.6 Å². The van der Waals surface area contributed by atoms with Crippen LogP contribution in [0, 0.1) is 16.7 Å². The van der Waals surface area contributed by atoms with Gasteiger partial charge in [0.15, 0.2) is 0 Å². The summed E-state index contributed by atoms with van der Waals surface area (Å²) in [5.74, 6) is 0.316. The molecule has 0 saturated heterocycles. The molecule has 1 aliphatic rings. The van der Waals surface area contributed by atoms with Gasteiger partial charge in [0.05, 0.1) is 6.61 Å². The number of ether oxygens (including phenoxy) is 1. The number of carbonyl (C=O) groups is 1. The quantitative estimate of drug-likeness (QED) is 0.707. The fourth-order valence-corrected chi connectivity index (χ4v) is 2.34. The molecule has 0 unspecified atom stereocenters. The van der Waals surface area contributed by atoms with Crippen LogP contribution in [-0.2, 0) is 9.53 Å². The zero-order chi connectivity index (χ0) is 11.7. The summed E-state index contributed by atoms with van der Waals surface area (Å²) in [5.41, 5.74) is 0.255. The van der Waals surface area contributed by atoms with E-state index in [2.05, 4.69) is 33.0 Å². The molecule has 0 aromatic carbocycles. The zero-order valence-corrected chi connectivity index (χ0v) is 10.5. The fraction of sp³-hybridized carbons (Fsp3) is 0.917. The second kappa shape index (κ2) is 4.12. The molecular weight excluding hydrogens is 190 g/mol. The average Bonchev–Trinajstić information content (AvgIpc) is 2.51. The summed E-state index contributed by atoms with van der Waals surface area (Å²) in [7, 11) is 0. The van der Waals surface area contributed by atoms with Crippen LogP contribution in [0.1, 0.15) is 34.6 Å². The summed E-state index contributed by atoms with van der Waals surface area (Å²) in [4.78, 5) is 11.8. The van der Waals surface area contributed by atoms with E-state index in [0.717, 1.165) is 0 Å². The van der Waals surface area contributed by atoms with Gasteiger partial charge >= 0.3 is 0 Å². The summed E-state index contributed by atoms with van der Waals surface area (Å²) in [6.45, 7) is 12.5. The molecule has 1 amide bonds. The molecule has 0 aromatic rings. The van der Waals surface area contributed by atoms with E-state index in [1.165, 1.54) is 0 Å². The normalized spacial score (nSPS) is 22.5. The first-order chi connectivity index (χ1) is 6.85. The van der Waals surface area contributed by atoms with Crippen LogP contribution in [-0.4, -0.2) is 25.7 Å². The molecule has 1 saturated carbocycles. The third-order valence-electron chi connectivity index (χ3n) is 4.03. The summed E-state index contributed by atoms with van der Waals surface area (Å²) in [6.07, 6.45) is 0. The fourth-order valence-electron chi connectivity index (χ4n) is 2.34. The van der Waals surface area contributed by atoms with Crippen LogP contribution in [0.15, 0.2) is 0 Å². The summed E-state index contributed by atoms with van der Waals surface area (Å²) < 4.78 is 5.17. The van der Waals surface area contributed by atoms with E-state index in [0.29, 0.717) is 19.8 Å². The monoisotopic (exact) mass is 213 g/mol. The summed E-state index contributed by atoms with van der Waals surface area (Å²) >= 11 is 0. The molecule has 0 bridgehead atoms. The molecule has 0 radical (unpaired) electrons. The van der Waals surface area contributed by atoms with E-state index < -0.39 is 0 Å². The maximum atomic E-state index is 11.8. The Hall–Kier alpha value is -0.570. The molecule has 15 heavy (non-hydrogen) atoms. The molecule has 88 valence electrons. The molecular formula is C12H23NO2. The molecule has 0 aromatic heterocycles. The first-order valence-electron chi connectivity index (χ1n) is 5.71. The van der Waals surface area contributed by atoms with Crippen molar-refractivity contribution in [2.24, 2.45) is 16.7 Å². The minimum absolute atomic E-state index is 0.128. The Kier molecular flexibility index (Phi) is 3.44. The topological polar surface area (TPSA) is 38.3 Å². The van der Waals surface area contributed by atoms with Crippen molar-refractivity contribution in [3.8, 4) is 0 Å². The van der Waals surface area contributed by atoms with Crippen molar-refractivity contribution >= 4 is 5.91 Å². The van der Waals surface area contributed by atoms with Crippen molar-refractivity contribution in [3.63, 3.8) is 0 Å². The number of rotatable bonds is 5. The number of amides is 1. The highest BCUT2D eigenvalue weighted by atomic mass is 16.5. The van der Waals surface area contributed by atoms with Gasteiger partial charge < -0.3 is 10.1 Å². The van der Waals surface area contributed by atoms with Crippen LogP contribution in [0.5, 0.6) is 0 Å². The van der Waals surface area contributed by atoms with Crippen molar-refractivity contribution in [3.05, 3.63) is 0 Å². The molecule has 1 N–H and O–H groups in total. The number of hydrogen-bond acceptors (Lipinski definition) is 2. The Morgan fingerprint density at radius 3 is 2.20 bits per heavy atom. The maximum Gasteiger partial charge on any atom is 0.224 e. The van der Waals surface area contributed by atoms with Gasteiger partial charge in [0, 0.05) is 19.1 Å². The molecule has 1 fully saturated rings. The third-order valence-corrected chi connectivity index (χ3v) is 4.03. The smallest absolute Gasteiger partial charge is 0.224 e. The van der Waals surface area contributed by atoms with Gasteiger partial charge in [-0.05, 0) is 17.8 Å². The minimum atomic E-state index is 0.128. The highest BCUT2D eigenvalue weighted by Crippen LogP contribution is 2.68. The molecule has 1 rings (SSSR count). The van der Waals surface area contributed by atoms with Crippen molar-refractivity contribution < 1.29 is 9.53 Å². The number of carbonyl (C=O) groups excluding carboxylic acids is 1. The Bertz CT molecular complexity index is 232. The Morgan fingerprint density at radius 1 is 1.27 bits per heavy atom. The SMILES string of the molecule is CCOCCNC(=O)C1C(C)(C)C1(C)C. The lowest BCUT2D eigenvalue weighted by molar-refractivity contribution is -0.123. The largest absolute Gasteiger partial charge is 0.380 e. The molecule has 0 aliphatic heterocycles. The van der Waals surface area contributed by atoms with Gasteiger partial charge in [-0.15, -0.1) is 0 Å². The Labute approximate surface area is 92.6 Å². The third kappa shape index (κ3) is 2.17. The van der Waals surface area contributed by atoms with E-state index in [1.807, 2.05) is 6.92 Å². The molecule has 3 heteroatoms. The predicted octanol–water partition coefficient (Wildman–Crippen LogP) is 1.82. The van der Waals surface area contributed by atoms with Gasteiger partial charge in [0.2, 0.25) is 5.91 Å². The van der Waals surface area contributed by atoms with Crippen LogP contribution in [0.25, 0.3) is 0 Å². The lowest BCUT2D eigenvalue weighted by Crippen LogP contribution is -2.30.